The molecule has 0 saturated heterocycles. The molecule has 0 radical (unpaired) electrons. The second kappa shape index (κ2) is 7.96. The molecule has 3 N–H and O–H groups in total. The van der Waals surface area contributed by atoms with Crippen molar-refractivity contribution in [3.63, 3.8) is 0 Å². The maximum Gasteiger partial charge on any atom is 0.267 e. The van der Waals surface area contributed by atoms with Gasteiger partial charge in [0.25, 0.3) is 5.56 Å². The van der Waals surface area contributed by atoms with Gasteiger partial charge in [0.1, 0.15) is 23.8 Å². The van der Waals surface area contributed by atoms with E-state index in [1.54, 1.807) is 22.8 Å². The second-order valence-electron chi connectivity index (χ2n) is 6.37. The van der Waals surface area contributed by atoms with Crippen molar-refractivity contribution in [1.29, 1.82) is 0 Å². The largest absolute Gasteiger partial charge is 0.383 e. The third kappa shape index (κ3) is 3.65. The number of nitrogens with two attached hydrogens (primary N) is 1. The first-order chi connectivity index (χ1) is 14.0. The van der Waals surface area contributed by atoms with Crippen molar-refractivity contribution in [2.24, 2.45) is 0 Å². The predicted molar refractivity (Wildman–Crippen MR) is 124 cm³/mol. The van der Waals surface area contributed by atoms with Crippen LogP contribution >= 0.6 is 34.2 Å². The molecule has 0 aliphatic heterocycles. The summed E-state index contributed by atoms with van der Waals surface area (Å²) in [6.07, 6.45) is 1.39. The van der Waals surface area contributed by atoms with Gasteiger partial charge >= 0.3 is 0 Å². The molecule has 0 bridgehead atoms. The number of rotatable bonds is 4. The Hall–Kier alpha value is -2.72. The summed E-state index contributed by atoms with van der Waals surface area (Å²) in [5.74, 6) is 1.49. The van der Waals surface area contributed by atoms with Crippen molar-refractivity contribution in [3.8, 4) is 5.69 Å². The van der Waals surface area contributed by atoms with Crippen molar-refractivity contribution in [1.82, 2.24) is 19.5 Å². The zero-order chi connectivity index (χ0) is 20.5. The lowest BCUT2D eigenvalue weighted by Crippen LogP contribution is -2.27. The lowest BCUT2D eigenvalue weighted by atomic mass is 10.2. The molecule has 2 aromatic carbocycles. The standard InChI is InChI=1S/C20H16ClIN6O/c1-11(26-18-16(22)17(23)24-10-25-18)19-27-14-9-5-8-13(21)15(14)20(29)28(19)12-6-3-2-4-7-12/h2-11H,1H3,(H3,23,24,25,26). The van der Waals surface area contributed by atoms with E-state index in [1.165, 1.54) is 6.33 Å². The molecule has 7 nitrogen and oxygen atoms in total. The Labute approximate surface area is 185 Å². The van der Waals surface area contributed by atoms with Gasteiger partial charge in [-0.1, -0.05) is 35.9 Å². The molecule has 0 saturated carbocycles. The van der Waals surface area contributed by atoms with Crippen LogP contribution in [0.1, 0.15) is 18.8 Å². The molecule has 2 aromatic heterocycles. The van der Waals surface area contributed by atoms with Crippen LogP contribution in [0.4, 0.5) is 11.6 Å². The van der Waals surface area contributed by atoms with Gasteiger partial charge in [-0.15, -0.1) is 0 Å². The summed E-state index contributed by atoms with van der Waals surface area (Å²) in [6, 6.07) is 14.2. The van der Waals surface area contributed by atoms with Gasteiger partial charge in [0, 0.05) is 0 Å². The van der Waals surface area contributed by atoms with E-state index in [9.17, 15) is 4.79 Å². The van der Waals surface area contributed by atoms with E-state index < -0.39 is 0 Å². The SMILES string of the molecule is CC(Nc1ncnc(N)c1I)c1nc2cccc(Cl)c2c(=O)n1-c1ccccc1. The summed E-state index contributed by atoms with van der Waals surface area (Å²) in [7, 11) is 0. The highest BCUT2D eigenvalue weighted by Crippen LogP contribution is 2.26. The highest BCUT2D eigenvalue weighted by molar-refractivity contribution is 14.1. The van der Waals surface area contributed by atoms with E-state index in [-0.39, 0.29) is 11.6 Å². The molecule has 4 aromatic rings. The van der Waals surface area contributed by atoms with Gasteiger partial charge in [-0.05, 0) is 53.8 Å². The van der Waals surface area contributed by atoms with Gasteiger partial charge in [0.05, 0.1) is 31.2 Å². The zero-order valence-electron chi connectivity index (χ0n) is 15.3. The number of nitrogen functional groups attached to an aromatic ring is 1. The van der Waals surface area contributed by atoms with Gasteiger partial charge in [0.15, 0.2) is 0 Å². The van der Waals surface area contributed by atoms with Crippen LogP contribution in [0.25, 0.3) is 16.6 Å². The third-order valence-corrected chi connectivity index (χ3v) is 5.82. The number of para-hydroxylation sites is 1. The van der Waals surface area contributed by atoms with E-state index in [4.69, 9.17) is 22.3 Å². The van der Waals surface area contributed by atoms with Crippen LogP contribution in [0.15, 0.2) is 59.7 Å². The van der Waals surface area contributed by atoms with Crippen LogP contribution < -0.4 is 16.6 Å². The molecule has 29 heavy (non-hydrogen) atoms. The lowest BCUT2D eigenvalue weighted by Gasteiger charge is -2.21. The zero-order valence-corrected chi connectivity index (χ0v) is 18.2. The Morgan fingerprint density at radius 1 is 1.14 bits per heavy atom. The van der Waals surface area contributed by atoms with Gasteiger partial charge in [-0.2, -0.15) is 0 Å². The third-order valence-electron chi connectivity index (χ3n) is 4.44. The smallest absolute Gasteiger partial charge is 0.267 e. The van der Waals surface area contributed by atoms with Crippen LogP contribution in [0.3, 0.4) is 0 Å². The van der Waals surface area contributed by atoms with Crippen molar-refractivity contribution in [2.45, 2.75) is 13.0 Å². The fraction of sp³-hybridized carbons (Fsp3) is 0.100. The van der Waals surface area contributed by atoms with Gasteiger partial charge < -0.3 is 11.1 Å². The van der Waals surface area contributed by atoms with Gasteiger partial charge in [0.2, 0.25) is 0 Å². The monoisotopic (exact) mass is 518 g/mol. The van der Waals surface area contributed by atoms with Gasteiger partial charge in [-0.25, -0.2) is 15.0 Å². The average molecular weight is 519 g/mol. The first-order valence-electron chi connectivity index (χ1n) is 8.76. The Kier molecular flexibility index (Phi) is 5.37. The Bertz CT molecular complexity index is 1260. The lowest BCUT2D eigenvalue weighted by molar-refractivity contribution is 0.730. The molecule has 4 rings (SSSR count). The number of anilines is 2. The molecule has 0 aliphatic carbocycles. The van der Waals surface area contributed by atoms with Crippen LogP contribution in [-0.4, -0.2) is 19.5 Å². The second-order valence-corrected chi connectivity index (χ2v) is 7.85. The minimum atomic E-state index is -0.353. The van der Waals surface area contributed by atoms with E-state index in [0.29, 0.717) is 42.6 Å². The quantitative estimate of drug-likeness (QED) is 0.393. The molecule has 0 fully saturated rings. The topological polar surface area (TPSA) is 98.7 Å². The van der Waals surface area contributed by atoms with E-state index >= 15 is 0 Å². The summed E-state index contributed by atoms with van der Waals surface area (Å²) < 4.78 is 2.28. The number of aromatic nitrogens is 4. The highest BCUT2D eigenvalue weighted by Gasteiger charge is 2.20. The number of hydrogen-bond donors (Lipinski definition) is 2. The minimum Gasteiger partial charge on any atom is -0.383 e. The molecule has 0 aliphatic rings. The van der Waals surface area contributed by atoms with Crippen LogP contribution in [0.5, 0.6) is 0 Å². The minimum absolute atomic E-state index is 0.229. The predicted octanol–water partition coefficient (Wildman–Crippen LogP) is 4.19. The van der Waals surface area contributed by atoms with Crippen LogP contribution in [-0.2, 0) is 0 Å². The summed E-state index contributed by atoms with van der Waals surface area (Å²) in [5.41, 5.74) is 6.90. The molecular weight excluding hydrogens is 503 g/mol. The molecule has 0 spiro atoms. The van der Waals surface area contributed by atoms with E-state index in [1.807, 2.05) is 37.3 Å². The Balaban J connectivity index is 1.93. The van der Waals surface area contributed by atoms with E-state index in [2.05, 4.69) is 37.9 Å². The van der Waals surface area contributed by atoms with Crippen molar-refractivity contribution in [3.05, 3.63) is 79.6 Å². The maximum absolute atomic E-state index is 13.4. The molecule has 9 heteroatoms. The molecule has 0 amide bonds. The van der Waals surface area contributed by atoms with Gasteiger partial charge in [-0.3, -0.25) is 9.36 Å². The fourth-order valence-electron chi connectivity index (χ4n) is 3.08. The Morgan fingerprint density at radius 3 is 2.66 bits per heavy atom. The maximum atomic E-state index is 13.4. The number of nitrogens with zero attached hydrogens (tertiary/aromatic N) is 4. The molecule has 1 unspecified atom stereocenters. The van der Waals surface area contributed by atoms with Crippen LogP contribution in [0, 0.1) is 3.57 Å². The Morgan fingerprint density at radius 2 is 1.90 bits per heavy atom. The number of fused-ring (bicyclic) bond motifs is 1. The molecule has 146 valence electrons. The summed E-state index contributed by atoms with van der Waals surface area (Å²) >= 11 is 8.41. The number of benzene rings is 2. The molecule has 2 heterocycles. The normalized spacial score (nSPS) is 12.1. The van der Waals surface area contributed by atoms with Crippen molar-refractivity contribution >= 4 is 56.7 Å². The van der Waals surface area contributed by atoms with Crippen LogP contribution in [0.2, 0.25) is 5.02 Å². The van der Waals surface area contributed by atoms with E-state index in [0.717, 1.165) is 0 Å². The molecule has 1 atom stereocenters. The fourth-order valence-corrected chi connectivity index (χ4v) is 3.76. The van der Waals surface area contributed by atoms with Crippen molar-refractivity contribution in [2.75, 3.05) is 11.1 Å². The first kappa shape index (κ1) is 19.6. The number of nitrogens with one attached hydrogen (secondary N) is 1. The number of hydrogen-bond acceptors (Lipinski definition) is 6. The summed E-state index contributed by atoms with van der Waals surface area (Å²) in [4.78, 5) is 26.4. The highest BCUT2D eigenvalue weighted by atomic mass is 127. The summed E-state index contributed by atoms with van der Waals surface area (Å²) in [5, 5.41) is 4.04. The molecular formula is C20H16ClIN6O. The number of halogens is 2. The summed E-state index contributed by atoms with van der Waals surface area (Å²) in [6.45, 7) is 1.91. The van der Waals surface area contributed by atoms with Crippen molar-refractivity contribution < 1.29 is 0 Å². The first-order valence-corrected chi connectivity index (χ1v) is 10.2. The average Bonchev–Trinajstić information content (AvgIpc) is 2.71.